The average Bonchev–Trinajstić information content (AvgIpc) is 2.57. The predicted molar refractivity (Wildman–Crippen MR) is 96.1 cm³/mol. The Hall–Kier alpha value is -1.78. The first kappa shape index (κ1) is 20.3. The van der Waals surface area contributed by atoms with E-state index in [-0.39, 0.29) is 16.8 Å². The summed E-state index contributed by atoms with van der Waals surface area (Å²) in [5, 5.41) is 3.39. The highest BCUT2D eigenvalue weighted by atomic mass is 35.5. The van der Waals surface area contributed by atoms with Crippen molar-refractivity contribution in [1.82, 2.24) is 5.32 Å². The number of rotatable bonds is 9. The van der Waals surface area contributed by atoms with Gasteiger partial charge in [0.15, 0.2) is 6.10 Å². The van der Waals surface area contributed by atoms with Crippen LogP contribution in [0.1, 0.15) is 25.3 Å². The van der Waals surface area contributed by atoms with E-state index in [9.17, 15) is 9.18 Å². The van der Waals surface area contributed by atoms with Crippen molar-refractivity contribution in [2.24, 2.45) is 0 Å². The summed E-state index contributed by atoms with van der Waals surface area (Å²) in [7, 11) is 0. The van der Waals surface area contributed by atoms with E-state index in [1.807, 2.05) is 6.92 Å². The molecule has 0 spiro atoms. The van der Waals surface area contributed by atoms with Crippen molar-refractivity contribution in [3.63, 3.8) is 0 Å². The molecule has 6 heteroatoms. The molecule has 24 heavy (non-hydrogen) atoms. The Morgan fingerprint density at radius 3 is 2.58 bits per heavy atom. The summed E-state index contributed by atoms with van der Waals surface area (Å²) in [5.74, 6) is -0.580. The molecule has 1 aromatic rings. The number of amides is 1. The Balaban J connectivity index is 2.62. The third-order valence-electron chi connectivity index (χ3n) is 3.04. The highest BCUT2D eigenvalue weighted by Gasteiger charge is 2.17. The molecule has 130 valence electrons. The molecule has 1 N–H and O–H groups in total. The Morgan fingerprint density at radius 1 is 1.33 bits per heavy atom. The maximum atomic E-state index is 12.9. The summed E-state index contributed by atoms with van der Waals surface area (Å²) in [5.41, 5.74) is 0.800. The van der Waals surface area contributed by atoms with Crippen LogP contribution in [0.3, 0.4) is 0 Å². The van der Waals surface area contributed by atoms with Crippen LogP contribution in [0, 0.1) is 5.82 Å². The number of carbonyl (C=O) groups excluding carboxylic acids is 1. The molecule has 0 fully saturated rings. The van der Waals surface area contributed by atoms with Crippen LogP contribution >= 0.6 is 23.2 Å². The predicted octanol–water partition coefficient (Wildman–Crippen LogP) is 5.02. The first-order valence-corrected chi connectivity index (χ1v) is 8.24. The summed E-state index contributed by atoms with van der Waals surface area (Å²) in [4.78, 5) is 12.2. The van der Waals surface area contributed by atoms with Crippen molar-refractivity contribution in [2.75, 3.05) is 0 Å². The first-order valence-electron chi connectivity index (χ1n) is 7.49. The highest BCUT2D eigenvalue weighted by Crippen LogP contribution is 2.13. The minimum Gasteiger partial charge on any atom is -0.487 e. The molecule has 0 aromatic heterocycles. The number of hydrogen-bond donors (Lipinski definition) is 1. The molecule has 0 aliphatic rings. The van der Waals surface area contributed by atoms with Gasteiger partial charge in [0.25, 0.3) is 5.91 Å². The third kappa shape index (κ3) is 7.66. The van der Waals surface area contributed by atoms with Gasteiger partial charge in [-0.3, -0.25) is 4.79 Å². The van der Waals surface area contributed by atoms with E-state index in [2.05, 4.69) is 11.9 Å². The largest absolute Gasteiger partial charge is 0.487 e. The molecule has 0 bridgehead atoms. The minimum atomic E-state index is -0.667. The van der Waals surface area contributed by atoms with Crippen molar-refractivity contribution < 1.29 is 13.9 Å². The molecule has 0 radical (unpaired) electrons. The van der Waals surface area contributed by atoms with E-state index in [1.165, 1.54) is 30.5 Å². The lowest BCUT2D eigenvalue weighted by atomic mass is 10.2. The SMILES string of the molecule is C=C/C(Cl)=C\C(Cl)=C\OC(CCC)C(=O)NCc1ccc(F)cc1. The second-order valence-electron chi connectivity index (χ2n) is 4.99. The molecule has 1 aromatic carbocycles. The highest BCUT2D eigenvalue weighted by molar-refractivity contribution is 6.35. The average molecular weight is 372 g/mol. The third-order valence-corrected chi connectivity index (χ3v) is 3.50. The van der Waals surface area contributed by atoms with Gasteiger partial charge in [-0.05, 0) is 30.2 Å². The van der Waals surface area contributed by atoms with Gasteiger partial charge in [0.1, 0.15) is 12.1 Å². The molecule has 1 atom stereocenters. The van der Waals surface area contributed by atoms with Crippen LogP contribution in [0.25, 0.3) is 0 Å². The van der Waals surface area contributed by atoms with Crippen LogP contribution in [0.15, 0.2) is 59.3 Å². The van der Waals surface area contributed by atoms with Crippen molar-refractivity contribution in [3.8, 4) is 0 Å². The van der Waals surface area contributed by atoms with Crippen LogP contribution in [-0.2, 0) is 16.1 Å². The Morgan fingerprint density at radius 2 is 2.00 bits per heavy atom. The van der Waals surface area contributed by atoms with Crippen LogP contribution in [-0.4, -0.2) is 12.0 Å². The van der Waals surface area contributed by atoms with Gasteiger partial charge in [0.2, 0.25) is 0 Å². The fourth-order valence-electron chi connectivity index (χ4n) is 1.80. The van der Waals surface area contributed by atoms with Gasteiger partial charge in [-0.1, -0.05) is 61.3 Å². The van der Waals surface area contributed by atoms with Gasteiger partial charge < -0.3 is 10.1 Å². The molecule has 0 aliphatic heterocycles. The summed E-state index contributed by atoms with van der Waals surface area (Å²) < 4.78 is 18.3. The van der Waals surface area contributed by atoms with Crippen molar-refractivity contribution in [1.29, 1.82) is 0 Å². The van der Waals surface area contributed by atoms with Gasteiger partial charge in [-0.25, -0.2) is 4.39 Å². The zero-order valence-corrected chi connectivity index (χ0v) is 14.9. The zero-order valence-electron chi connectivity index (χ0n) is 13.4. The van der Waals surface area contributed by atoms with Crippen LogP contribution in [0.5, 0.6) is 0 Å². The first-order chi connectivity index (χ1) is 11.5. The summed E-state index contributed by atoms with van der Waals surface area (Å²) in [6, 6.07) is 5.92. The topological polar surface area (TPSA) is 38.3 Å². The van der Waals surface area contributed by atoms with E-state index in [0.29, 0.717) is 18.0 Å². The number of benzene rings is 1. The lowest BCUT2D eigenvalue weighted by Crippen LogP contribution is -2.35. The van der Waals surface area contributed by atoms with Crippen LogP contribution in [0.2, 0.25) is 0 Å². The van der Waals surface area contributed by atoms with Gasteiger partial charge >= 0.3 is 0 Å². The number of hydrogen-bond acceptors (Lipinski definition) is 2. The van der Waals surface area contributed by atoms with Crippen molar-refractivity contribution in [3.05, 3.63) is 70.7 Å². The Kier molecular flexibility index (Phi) is 9.20. The monoisotopic (exact) mass is 371 g/mol. The van der Waals surface area contributed by atoms with Gasteiger partial charge in [0, 0.05) is 11.6 Å². The second-order valence-corrected chi connectivity index (χ2v) is 5.87. The van der Waals surface area contributed by atoms with Gasteiger partial charge in [-0.15, -0.1) is 0 Å². The Labute approximate surface area is 151 Å². The molecule has 3 nitrogen and oxygen atoms in total. The smallest absolute Gasteiger partial charge is 0.261 e. The fraction of sp³-hybridized carbons (Fsp3) is 0.278. The van der Waals surface area contributed by atoms with Crippen molar-refractivity contribution >= 4 is 29.1 Å². The van der Waals surface area contributed by atoms with E-state index in [1.54, 1.807) is 12.1 Å². The summed E-state index contributed by atoms with van der Waals surface area (Å²) >= 11 is 11.7. The number of nitrogens with one attached hydrogen (secondary N) is 1. The van der Waals surface area contributed by atoms with Gasteiger partial charge in [-0.2, -0.15) is 0 Å². The van der Waals surface area contributed by atoms with Gasteiger partial charge in [0.05, 0.1) is 5.03 Å². The molecule has 0 saturated heterocycles. The molecule has 0 saturated carbocycles. The standard InChI is InChI=1S/C18H20Cl2FNO2/c1-3-5-17(24-12-15(20)10-14(19)4-2)18(23)22-11-13-6-8-16(21)9-7-13/h4,6-10,12,17H,2-3,5,11H2,1H3,(H,22,23)/b14-10+,15-12-. The molecule has 1 amide bonds. The minimum absolute atomic E-state index is 0.257. The molecule has 1 unspecified atom stereocenters. The number of carbonyl (C=O) groups is 1. The molecule has 1 rings (SSSR count). The maximum absolute atomic E-state index is 12.9. The fourth-order valence-corrected chi connectivity index (χ4v) is 2.14. The lowest BCUT2D eigenvalue weighted by molar-refractivity contribution is -0.130. The van der Waals surface area contributed by atoms with E-state index < -0.39 is 6.10 Å². The zero-order chi connectivity index (χ0) is 17.9. The number of allylic oxidation sites excluding steroid dienone is 4. The number of ether oxygens (including phenoxy) is 1. The molecular formula is C18H20Cl2FNO2. The maximum Gasteiger partial charge on any atom is 0.261 e. The number of halogens is 3. The van der Waals surface area contributed by atoms with Crippen LogP contribution in [0.4, 0.5) is 4.39 Å². The van der Waals surface area contributed by atoms with Crippen LogP contribution < -0.4 is 5.32 Å². The van der Waals surface area contributed by atoms with E-state index >= 15 is 0 Å². The van der Waals surface area contributed by atoms with Crippen molar-refractivity contribution in [2.45, 2.75) is 32.4 Å². The summed E-state index contributed by atoms with van der Waals surface area (Å²) in [6.07, 6.45) is 4.83. The lowest BCUT2D eigenvalue weighted by Gasteiger charge is -2.16. The van der Waals surface area contributed by atoms with E-state index in [0.717, 1.165) is 12.0 Å². The molecular weight excluding hydrogens is 352 g/mol. The molecule has 0 aliphatic carbocycles. The normalized spacial score (nSPS) is 13.3. The van der Waals surface area contributed by atoms with E-state index in [4.69, 9.17) is 27.9 Å². The molecule has 0 heterocycles. The quantitative estimate of drug-likeness (QED) is 0.489. The summed E-state index contributed by atoms with van der Waals surface area (Å²) in [6.45, 7) is 5.75. The Bertz CT molecular complexity index is 612. The second kappa shape index (κ2) is 10.9.